The minimum absolute atomic E-state index is 0.109. The van der Waals surface area contributed by atoms with Gasteiger partial charge >= 0.3 is 5.69 Å². The number of aromatic amines is 1. The summed E-state index contributed by atoms with van der Waals surface area (Å²) in [4.78, 5) is 13.7. The lowest BCUT2D eigenvalue weighted by atomic mass is 10.3. The van der Waals surface area contributed by atoms with Crippen LogP contribution in [-0.4, -0.2) is 14.8 Å². The van der Waals surface area contributed by atoms with Gasteiger partial charge in [-0.25, -0.2) is 4.79 Å². The molecule has 0 aliphatic carbocycles. The van der Waals surface area contributed by atoms with Crippen LogP contribution in [0.2, 0.25) is 0 Å². The molecular formula is C8H7BrN4O. The third-order valence-corrected chi connectivity index (χ3v) is 2.23. The Labute approximate surface area is 87.7 Å². The van der Waals surface area contributed by atoms with E-state index < -0.39 is 0 Å². The lowest BCUT2D eigenvalue weighted by Gasteiger charge is -1.97. The molecule has 0 spiro atoms. The maximum Gasteiger partial charge on any atom is 0.349 e. The largest absolute Gasteiger partial charge is 0.368 e. The molecule has 0 bridgehead atoms. The van der Waals surface area contributed by atoms with E-state index in [1.807, 2.05) is 12.1 Å². The highest BCUT2D eigenvalue weighted by Gasteiger charge is 2.03. The van der Waals surface area contributed by atoms with Crippen LogP contribution in [0.4, 0.5) is 5.95 Å². The second-order valence-corrected chi connectivity index (χ2v) is 3.62. The second-order valence-electron chi connectivity index (χ2n) is 2.70. The zero-order chi connectivity index (χ0) is 10.1. The summed E-state index contributed by atoms with van der Waals surface area (Å²) in [5.41, 5.74) is 5.68. The van der Waals surface area contributed by atoms with Gasteiger partial charge in [0.25, 0.3) is 0 Å². The number of nitrogens with one attached hydrogen (secondary N) is 1. The van der Waals surface area contributed by atoms with Crippen molar-refractivity contribution in [2.75, 3.05) is 5.73 Å². The van der Waals surface area contributed by atoms with Gasteiger partial charge in [0.05, 0.1) is 5.69 Å². The standard InChI is InChI=1S/C8H7BrN4O/c9-5-1-3-6(4-2-5)13-8(14)11-7(10)12-13/h1-4H,(H3,10,11,12,14). The molecule has 0 atom stereocenters. The van der Waals surface area contributed by atoms with E-state index in [2.05, 4.69) is 26.0 Å². The van der Waals surface area contributed by atoms with E-state index in [1.54, 1.807) is 12.1 Å². The first kappa shape index (κ1) is 9.01. The third-order valence-electron chi connectivity index (χ3n) is 1.71. The summed E-state index contributed by atoms with van der Waals surface area (Å²) in [5.74, 6) is 0.109. The third kappa shape index (κ3) is 1.56. The van der Waals surface area contributed by atoms with Crippen molar-refractivity contribution in [1.82, 2.24) is 14.8 Å². The van der Waals surface area contributed by atoms with Crippen LogP contribution in [0.5, 0.6) is 0 Å². The Bertz CT molecular complexity index is 499. The smallest absolute Gasteiger partial charge is 0.349 e. The maximum absolute atomic E-state index is 11.3. The Morgan fingerprint density at radius 1 is 1.36 bits per heavy atom. The van der Waals surface area contributed by atoms with Gasteiger partial charge in [0.1, 0.15) is 0 Å². The number of H-pyrrole nitrogens is 1. The zero-order valence-electron chi connectivity index (χ0n) is 7.07. The molecule has 0 aliphatic rings. The van der Waals surface area contributed by atoms with Crippen molar-refractivity contribution < 1.29 is 0 Å². The summed E-state index contributed by atoms with van der Waals surface area (Å²) in [6.07, 6.45) is 0. The van der Waals surface area contributed by atoms with Gasteiger partial charge in [0.15, 0.2) is 0 Å². The van der Waals surface area contributed by atoms with Crippen molar-refractivity contribution in [3.05, 3.63) is 39.2 Å². The number of hydrogen-bond donors (Lipinski definition) is 2. The lowest BCUT2D eigenvalue weighted by molar-refractivity contribution is 0.845. The average Bonchev–Trinajstić information content (AvgIpc) is 2.47. The van der Waals surface area contributed by atoms with E-state index in [9.17, 15) is 4.79 Å². The van der Waals surface area contributed by atoms with Crippen molar-refractivity contribution >= 4 is 21.9 Å². The van der Waals surface area contributed by atoms with E-state index >= 15 is 0 Å². The fraction of sp³-hybridized carbons (Fsp3) is 0. The number of aromatic nitrogens is 3. The predicted octanol–water partition coefficient (Wildman–Crippen LogP) is 0.905. The van der Waals surface area contributed by atoms with Gasteiger partial charge in [-0.1, -0.05) is 15.9 Å². The van der Waals surface area contributed by atoms with Crippen molar-refractivity contribution in [3.8, 4) is 5.69 Å². The molecule has 0 saturated heterocycles. The molecule has 0 radical (unpaired) electrons. The van der Waals surface area contributed by atoms with Crippen molar-refractivity contribution in [1.29, 1.82) is 0 Å². The molecule has 72 valence electrons. The van der Waals surface area contributed by atoms with Crippen molar-refractivity contribution in [2.24, 2.45) is 0 Å². The minimum Gasteiger partial charge on any atom is -0.368 e. The van der Waals surface area contributed by atoms with Crippen LogP contribution in [0.1, 0.15) is 0 Å². The number of rotatable bonds is 1. The molecule has 3 N–H and O–H groups in total. The summed E-state index contributed by atoms with van der Waals surface area (Å²) in [6.45, 7) is 0. The Kier molecular flexibility index (Phi) is 2.12. The first-order chi connectivity index (χ1) is 6.66. The number of hydrogen-bond acceptors (Lipinski definition) is 3. The van der Waals surface area contributed by atoms with E-state index in [0.717, 1.165) is 4.47 Å². The number of halogens is 1. The van der Waals surface area contributed by atoms with Gasteiger partial charge in [-0.3, -0.25) is 4.98 Å². The fourth-order valence-electron chi connectivity index (χ4n) is 1.10. The molecule has 1 aromatic carbocycles. The molecule has 0 unspecified atom stereocenters. The molecule has 1 aromatic heterocycles. The van der Waals surface area contributed by atoms with Crippen molar-refractivity contribution in [2.45, 2.75) is 0 Å². The molecule has 0 amide bonds. The summed E-state index contributed by atoms with van der Waals surface area (Å²) in [5, 5.41) is 3.82. The lowest BCUT2D eigenvalue weighted by Crippen LogP contribution is -2.15. The molecule has 0 saturated carbocycles. The molecule has 6 heteroatoms. The number of nitrogens with two attached hydrogens (primary N) is 1. The minimum atomic E-state index is -0.343. The molecule has 1 heterocycles. The van der Waals surface area contributed by atoms with Crippen molar-refractivity contribution in [3.63, 3.8) is 0 Å². The van der Waals surface area contributed by atoms with E-state index in [0.29, 0.717) is 5.69 Å². The van der Waals surface area contributed by atoms with Crippen LogP contribution in [0.15, 0.2) is 33.5 Å². The summed E-state index contributed by atoms with van der Waals surface area (Å²) in [7, 11) is 0. The number of anilines is 1. The molecule has 14 heavy (non-hydrogen) atoms. The fourth-order valence-corrected chi connectivity index (χ4v) is 1.36. The van der Waals surface area contributed by atoms with Crippen LogP contribution < -0.4 is 11.4 Å². The number of benzene rings is 1. The normalized spacial score (nSPS) is 10.4. The molecule has 5 nitrogen and oxygen atoms in total. The first-order valence-electron chi connectivity index (χ1n) is 3.87. The Hall–Kier alpha value is -1.56. The van der Waals surface area contributed by atoms with E-state index in [4.69, 9.17) is 5.73 Å². The van der Waals surface area contributed by atoms with Crippen LogP contribution in [0, 0.1) is 0 Å². The van der Waals surface area contributed by atoms with Crippen LogP contribution in [0.25, 0.3) is 5.69 Å². The van der Waals surface area contributed by atoms with Crippen LogP contribution in [-0.2, 0) is 0 Å². The second kappa shape index (κ2) is 3.30. The molecule has 0 aliphatic heterocycles. The van der Waals surface area contributed by atoms with Crippen LogP contribution in [0.3, 0.4) is 0 Å². The van der Waals surface area contributed by atoms with Gasteiger partial charge in [0.2, 0.25) is 5.95 Å². The topological polar surface area (TPSA) is 76.7 Å². The molecule has 2 rings (SSSR count). The Balaban J connectivity index is 2.54. The highest BCUT2D eigenvalue weighted by Crippen LogP contribution is 2.11. The highest BCUT2D eigenvalue weighted by atomic mass is 79.9. The van der Waals surface area contributed by atoms with Crippen LogP contribution >= 0.6 is 15.9 Å². The monoisotopic (exact) mass is 254 g/mol. The Morgan fingerprint density at radius 2 is 2.00 bits per heavy atom. The predicted molar refractivity (Wildman–Crippen MR) is 56.3 cm³/mol. The Morgan fingerprint density at radius 3 is 2.50 bits per heavy atom. The van der Waals surface area contributed by atoms with E-state index in [-0.39, 0.29) is 11.6 Å². The molecular weight excluding hydrogens is 248 g/mol. The first-order valence-corrected chi connectivity index (χ1v) is 4.67. The number of nitrogens with zero attached hydrogens (tertiary/aromatic N) is 2. The zero-order valence-corrected chi connectivity index (χ0v) is 8.65. The quantitative estimate of drug-likeness (QED) is 0.794. The van der Waals surface area contributed by atoms with Gasteiger partial charge in [0, 0.05) is 4.47 Å². The molecule has 0 fully saturated rings. The summed E-state index contributed by atoms with van der Waals surface area (Å²) >= 11 is 3.30. The molecule has 2 aromatic rings. The van der Waals surface area contributed by atoms with E-state index in [1.165, 1.54) is 4.68 Å². The summed E-state index contributed by atoms with van der Waals surface area (Å²) in [6, 6.07) is 7.19. The van der Waals surface area contributed by atoms with Gasteiger partial charge in [-0.05, 0) is 24.3 Å². The number of nitrogen functional groups attached to an aromatic ring is 1. The summed E-state index contributed by atoms with van der Waals surface area (Å²) < 4.78 is 2.15. The average molecular weight is 255 g/mol. The van der Waals surface area contributed by atoms with Gasteiger partial charge in [-0.15, -0.1) is 5.10 Å². The highest BCUT2D eigenvalue weighted by molar-refractivity contribution is 9.10. The maximum atomic E-state index is 11.3. The SMILES string of the molecule is Nc1nn(-c2ccc(Br)cc2)c(=O)[nH]1. The van der Waals surface area contributed by atoms with Gasteiger partial charge in [-0.2, -0.15) is 4.68 Å². The van der Waals surface area contributed by atoms with Gasteiger partial charge < -0.3 is 5.73 Å².